The van der Waals surface area contributed by atoms with Crippen molar-refractivity contribution in [3.63, 3.8) is 0 Å². The van der Waals surface area contributed by atoms with Gasteiger partial charge in [0, 0.05) is 18.1 Å². The third-order valence-corrected chi connectivity index (χ3v) is 23.6. The summed E-state index contributed by atoms with van der Waals surface area (Å²) < 4.78 is 34.0. The van der Waals surface area contributed by atoms with E-state index in [0.717, 1.165) is 0 Å². The maximum absolute atomic E-state index is 13.0. The Kier molecular flexibility index (Phi) is 11.1. The van der Waals surface area contributed by atoms with Gasteiger partial charge in [0.1, 0.15) is 24.1 Å². The molecule has 0 spiro atoms. The van der Waals surface area contributed by atoms with E-state index in [0.29, 0.717) is 17.7 Å². The minimum Gasteiger partial charge on any atom is -0.469 e. The Morgan fingerprint density at radius 1 is 0.732 bits per heavy atom. The van der Waals surface area contributed by atoms with Crippen LogP contribution < -0.4 is 5.43 Å². The third-order valence-electron chi connectivity index (χ3n) is 10.2. The molecule has 1 aliphatic rings. The van der Waals surface area contributed by atoms with Crippen molar-refractivity contribution < 1.29 is 27.5 Å². The number of ether oxygens (including phenoxy) is 1. The Bertz CT molecular complexity index is 1080. The molecule has 0 bridgehead atoms. The first-order valence-electron chi connectivity index (χ1n) is 15.1. The monoisotopic (exact) mass is 628 g/mol. The molecule has 41 heavy (non-hydrogen) atoms. The first-order chi connectivity index (χ1) is 18.3. The zero-order valence-corrected chi connectivity index (χ0v) is 31.9. The lowest BCUT2D eigenvalue weighted by Crippen LogP contribution is -2.68. The molecule has 0 aliphatic carbocycles. The maximum Gasteiger partial charge on any atom is 0.192 e. The van der Waals surface area contributed by atoms with Gasteiger partial charge in [-0.2, -0.15) is 0 Å². The highest BCUT2D eigenvalue weighted by Crippen LogP contribution is 2.46. The molecular formula is C31H60O7Si3. The van der Waals surface area contributed by atoms with Crippen molar-refractivity contribution >= 4 is 25.0 Å². The Balaban J connectivity index is 2.80. The molecule has 1 fully saturated rings. The molecule has 1 aliphatic heterocycles. The molecule has 10 heteroatoms. The van der Waals surface area contributed by atoms with Gasteiger partial charge in [-0.3, -0.25) is 4.79 Å². The number of hydrogen-bond acceptors (Lipinski definition) is 7. The Morgan fingerprint density at radius 2 is 1.12 bits per heavy atom. The maximum atomic E-state index is 13.0. The van der Waals surface area contributed by atoms with Crippen LogP contribution in [0.1, 0.15) is 73.6 Å². The van der Waals surface area contributed by atoms with Crippen LogP contribution in [0.4, 0.5) is 0 Å². The van der Waals surface area contributed by atoms with Crippen LogP contribution in [0.5, 0.6) is 0 Å². The Labute approximate surface area is 253 Å². The van der Waals surface area contributed by atoms with Crippen molar-refractivity contribution in [3.8, 4) is 0 Å². The molecule has 0 unspecified atom stereocenters. The van der Waals surface area contributed by atoms with Crippen molar-refractivity contribution in [2.75, 3.05) is 6.61 Å². The van der Waals surface area contributed by atoms with Crippen LogP contribution in [0.25, 0.3) is 0 Å². The lowest BCUT2D eigenvalue weighted by Gasteiger charge is -2.54. The predicted molar refractivity (Wildman–Crippen MR) is 175 cm³/mol. The van der Waals surface area contributed by atoms with E-state index in [1.165, 1.54) is 12.3 Å². The highest BCUT2D eigenvalue weighted by Gasteiger charge is 2.56. The number of aliphatic hydroxyl groups is 1. The van der Waals surface area contributed by atoms with Gasteiger partial charge in [0.25, 0.3) is 0 Å². The zero-order valence-electron chi connectivity index (χ0n) is 28.9. The van der Waals surface area contributed by atoms with Gasteiger partial charge in [0.05, 0.1) is 25.1 Å². The second kappa shape index (κ2) is 12.4. The molecule has 0 radical (unpaired) electrons. The van der Waals surface area contributed by atoms with Crippen molar-refractivity contribution in [2.45, 2.75) is 161 Å². The van der Waals surface area contributed by atoms with Gasteiger partial charge in [-0.15, -0.1) is 0 Å². The first kappa shape index (κ1) is 36.6. The summed E-state index contributed by atoms with van der Waals surface area (Å²) in [7, 11) is -7.02. The van der Waals surface area contributed by atoms with Gasteiger partial charge in [0.2, 0.25) is 0 Å². The van der Waals surface area contributed by atoms with Gasteiger partial charge < -0.3 is 27.5 Å². The van der Waals surface area contributed by atoms with Crippen LogP contribution in [0.15, 0.2) is 21.5 Å². The SMILES string of the molecule is Cc1occc(=O)c1C[C@@H]1O[C@H](CO)[C@@H](O[Si](C)(C)C(C)(C)C)[C@H](O[Si](C)(C)C(C)(C)C)[C@H]1O[Si](C)(C)C(C)(C)C. The molecule has 1 N–H and O–H groups in total. The van der Waals surface area contributed by atoms with Gasteiger partial charge >= 0.3 is 0 Å². The van der Waals surface area contributed by atoms with E-state index in [1.54, 1.807) is 6.92 Å². The average molecular weight is 629 g/mol. The summed E-state index contributed by atoms with van der Waals surface area (Å²) in [6.07, 6.45) is -0.926. The van der Waals surface area contributed by atoms with Crippen LogP contribution in [0, 0.1) is 6.92 Å². The van der Waals surface area contributed by atoms with Crippen LogP contribution in [0.3, 0.4) is 0 Å². The summed E-state index contributed by atoms with van der Waals surface area (Å²) in [5.41, 5.74) is 0.471. The fourth-order valence-electron chi connectivity index (χ4n) is 4.26. The average Bonchev–Trinajstić information content (AvgIpc) is 2.77. The van der Waals surface area contributed by atoms with Crippen LogP contribution in [-0.2, 0) is 24.4 Å². The molecule has 0 amide bonds. The molecular weight excluding hydrogens is 569 g/mol. The minimum atomic E-state index is -2.35. The molecule has 2 heterocycles. The van der Waals surface area contributed by atoms with Crippen LogP contribution in [0.2, 0.25) is 54.4 Å². The fraction of sp³-hybridized carbons (Fsp3) is 0.839. The summed E-state index contributed by atoms with van der Waals surface area (Å²) in [6.45, 7) is 35.0. The van der Waals surface area contributed by atoms with Gasteiger partial charge in [-0.25, -0.2) is 0 Å². The van der Waals surface area contributed by atoms with E-state index in [2.05, 4.69) is 102 Å². The number of hydrogen-bond donors (Lipinski definition) is 1. The number of aliphatic hydroxyl groups excluding tert-OH is 1. The Hall–Kier alpha value is -0.599. The summed E-state index contributed by atoms with van der Waals surface area (Å²) in [4.78, 5) is 13.0. The van der Waals surface area contributed by atoms with Gasteiger partial charge in [0.15, 0.2) is 30.4 Å². The lowest BCUT2D eigenvalue weighted by molar-refractivity contribution is -0.216. The van der Waals surface area contributed by atoms with E-state index < -0.39 is 55.5 Å². The third kappa shape index (κ3) is 8.32. The van der Waals surface area contributed by atoms with Gasteiger partial charge in [-0.05, 0) is 61.3 Å². The van der Waals surface area contributed by atoms with E-state index in [4.69, 9.17) is 22.4 Å². The second-order valence-corrected chi connectivity index (χ2v) is 30.7. The smallest absolute Gasteiger partial charge is 0.192 e. The van der Waals surface area contributed by atoms with E-state index in [-0.39, 0.29) is 27.2 Å². The normalized spacial score (nSPS) is 25.4. The molecule has 238 valence electrons. The first-order valence-corrected chi connectivity index (χ1v) is 23.9. The standard InChI is InChI=1S/C31H60O7Si3/c1-21-22(23(33)17-18-34-21)19-24-26(36-39(11,12)29(2,3)4)28(38-41(15,16)31(8,9)10)27(25(20-32)35-24)37-40(13,14)30(5,6)7/h17-18,24-28,32H,19-20H2,1-16H3/t24-,25+,26-,27+,28+/m0/s1. The Morgan fingerprint density at radius 3 is 1.49 bits per heavy atom. The van der Waals surface area contributed by atoms with Crippen LogP contribution in [-0.4, -0.2) is 67.2 Å². The minimum absolute atomic E-state index is 0.0543. The number of rotatable bonds is 9. The van der Waals surface area contributed by atoms with Crippen molar-refractivity contribution in [2.24, 2.45) is 0 Å². The molecule has 2 rings (SSSR count). The summed E-state index contributed by atoms with van der Waals surface area (Å²) >= 11 is 0. The molecule has 1 saturated heterocycles. The van der Waals surface area contributed by atoms with Crippen molar-refractivity contribution in [1.82, 2.24) is 0 Å². The molecule has 5 atom stereocenters. The quantitative estimate of drug-likeness (QED) is 0.285. The van der Waals surface area contributed by atoms with Crippen LogP contribution >= 0.6 is 0 Å². The molecule has 7 nitrogen and oxygen atoms in total. The van der Waals surface area contributed by atoms with E-state index >= 15 is 0 Å². The molecule has 1 aromatic heterocycles. The fourth-order valence-corrected chi connectivity index (χ4v) is 8.20. The van der Waals surface area contributed by atoms with Crippen molar-refractivity contribution in [1.29, 1.82) is 0 Å². The zero-order chi connectivity index (χ0) is 32.0. The molecule has 1 aromatic rings. The summed E-state index contributed by atoms with van der Waals surface area (Å²) in [6, 6.07) is 1.45. The van der Waals surface area contributed by atoms with E-state index in [1.807, 2.05) is 0 Å². The molecule has 0 aromatic carbocycles. The molecule has 0 saturated carbocycles. The highest BCUT2D eigenvalue weighted by molar-refractivity contribution is 6.75. The summed E-state index contributed by atoms with van der Waals surface area (Å²) in [5.74, 6) is 0.564. The lowest BCUT2D eigenvalue weighted by atomic mass is 9.91. The number of aryl methyl sites for hydroxylation is 1. The highest BCUT2D eigenvalue weighted by atomic mass is 28.4. The van der Waals surface area contributed by atoms with E-state index in [9.17, 15) is 9.90 Å². The topological polar surface area (TPSA) is 87.4 Å². The summed E-state index contributed by atoms with van der Waals surface area (Å²) in [5, 5.41) is 10.6. The van der Waals surface area contributed by atoms with Gasteiger partial charge in [-0.1, -0.05) is 62.3 Å². The van der Waals surface area contributed by atoms with Crippen molar-refractivity contribution in [3.05, 3.63) is 33.9 Å². The predicted octanol–water partition coefficient (Wildman–Crippen LogP) is 7.42. The largest absolute Gasteiger partial charge is 0.469 e. The second-order valence-electron chi connectivity index (χ2n) is 16.4.